The summed E-state index contributed by atoms with van der Waals surface area (Å²) in [5, 5.41) is 5.60. The predicted molar refractivity (Wildman–Crippen MR) is 133 cm³/mol. The molecule has 0 saturated carbocycles. The van der Waals surface area contributed by atoms with Crippen molar-refractivity contribution in [2.45, 2.75) is 0 Å². The summed E-state index contributed by atoms with van der Waals surface area (Å²) in [7, 11) is 1.23. The van der Waals surface area contributed by atoms with Gasteiger partial charge in [-0.05, 0) is 48.5 Å². The number of nitrogens with zero attached hydrogens (tertiary/aromatic N) is 1. The second-order valence-corrected chi connectivity index (χ2v) is 8.10. The van der Waals surface area contributed by atoms with Crippen LogP contribution in [0.25, 0.3) is 0 Å². The number of hydrogen-bond acceptors (Lipinski definition) is 6. The Morgan fingerprint density at radius 2 is 1.57 bits per heavy atom. The molecule has 10 heteroatoms. The Bertz CT molecular complexity index is 1400. The number of carbonyl (C=O) groups excluding carboxylic acids is 4. The van der Waals surface area contributed by atoms with Gasteiger partial charge in [-0.3, -0.25) is 14.4 Å². The van der Waals surface area contributed by atoms with E-state index in [9.17, 15) is 19.2 Å². The Labute approximate surface area is 210 Å². The molecule has 0 saturated heterocycles. The first-order valence-corrected chi connectivity index (χ1v) is 11.0. The molecule has 8 nitrogen and oxygen atoms in total. The van der Waals surface area contributed by atoms with Gasteiger partial charge in [0.2, 0.25) is 0 Å². The number of imide groups is 1. The number of ether oxygens (including phenoxy) is 1. The third kappa shape index (κ3) is 4.89. The fraction of sp³-hybridized carbons (Fsp3) is 0.0400. The highest BCUT2D eigenvalue weighted by molar-refractivity contribution is 6.53. The van der Waals surface area contributed by atoms with Crippen molar-refractivity contribution in [3.63, 3.8) is 0 Å². The molecule has 0 unspecified atom stereocenters. The van der Waals surface area contributed by atoms with Crippen molar-refractivity contribution in [3.05, 3.63) is 99.7 Å². The second-order valence-electron chi connectivity index (χ2n) is 7.32. The van der Waals surface area contributed by atoms with Gasteiger partial charge in [-0.2, -0.15) is 0 Å². The van der Waals surface area contributed by atoms with E-state index < -0.39 is 23.7 Å². The van der Waals surface area contributed by atoms with Crippen LogP contribution in [-0.2, 0) is 14.3 Å². The van der Waals surface area contributed by atoms with Gasteiger partial charge in [0.1, 0.15) is 10.7 Å². The van der Waals surface area contributed by atoms with Gasteiger partial charge in [0.25, 0.3) is 17.7 Å². The van der Waals surface area contributed by atoms with Gasteiger partial charge in [0.15, 0.2) is 0 Å². The average Bonchev–Trinajstić information content (AvgIpc) is 3.08. The Morgan fingerprint density at radius 1 is 0.857 bits per heavy atom. The topological polar surface area (TPSA) is 105 Å². The molecule has 3 amide bonds. The number of carbonyl (C=O) groups is 4. The van der Waals surface area contributed by atoms with Gasteiger partial charge in [0.05, 0.1) is 29.1 Å². The van der Waals surface area contributed by atoms with Gasteiger partial charge >= 0.3 is 5.97 Å². The molecule has 3 aromatic carbocycles. The van der Waals surface area contributed by atoms with Crippen LogP contribution in [-0.4, -0.2) is 30.8 Å². The van der Waals surface area contributed by atoms with E-state index in [1.165, 1.54) is 37.4 Å². The molecule has 3 aromatic rings. The van der Waals surface area contributed by atoms with E-state index in [2.05, 4.69) is 15.4 Å². The first-order chi connectivity index (χ1) is 16.8. The summed E-state index contributed by atoms with van der Waals surface area (Å²) in [4.78, 5) is 51.2. The van der Waals surface area contributed by atoms with Crippen LogP contribution in [0.4, 0.5) is 17.1 Å². The predicted octanol–water partition coefficient (Wildman–Crippen LogP) is 4.81. The molecule has 1 aliphatic rings. The molecule has 4 rings (SSSR count). The summed E-state index contributed by atoms with van der Waals surface area (Å²) in [5.41, 5.74) is 1.25. The molecule has 2 N–H and O–H groups in total. The largest absolute Gasteiger partial charge is 0.465 e. The van der Waals surface area contributed by atoms with Crippen LogP contribution in [0.15, 0.2) is 83.5 Å². The zero-order valence-electron chi connectivity index (χ0n) is 18.2. The van der Waals surface area contributed by atoms with E-state index >= 15 is 0 Å². The maximum atomic E-state index is 13.1. The molecule has 0 radical (unpaired) electrons. The van der Waals surface area contributed by atoms with Gasteiger partial charge in [0, 0.05) is 11.3 Å². The highest BCUT2D eigenvalue weighted by Crippen LogP contribution is 2.31. The van der Waals surface area contributed by atoms with Crippen LogP contribution in [0.5, 0.6) is 0 Å². The SMILES string of the molecule is COC(=O)c1cccc(N2C(=O)C(Cl)=C(Nc3cccc(C(=O)Nc4ccccc4Cl)c3)C2=O)c1. The lowest BCUT2D eigenvalue weighted by Crippen LogP contribution is -2.32. The first-order valence-electron chi connectivity index (χ1n) is 10.2. The number of para-hydroxylation sites is 1. The number of methoxy groups -OCH3 is 1. The van der Waals surface area contributed by atoms with Crippen LogP contribution in [0.2, 0.25) is 5.02 Å². The van der Waals surface area contributed by atoms with E-state index in [0.717, 1.165) is 4.90 Å². The Hall–Kier alpha value is -4.14. The molecular weight excluding hydrogens is 493 g/mol. The highest BCUT2D eigenvalue weighted by atomic mass is 35.5. The lowest BCUT2D eigenvalue weighted by atomic mass is 10.1. The van der Waals surface area contributed by atoms with E-state index in [1.54, 1.807) is 42.5 Å². The molecule has 0 fully saturated rings. The summed E-state index contributed by atoms with van der Waals surface area (Å²) in [6.07, 6.45) is 0. The summed E-state index contributed by atoms with van der Waals surface area (Å²) >= 11 is 12.3. The maximum Gasteiger partial charge on any atom is 0.337 e. The molecule has 0 bridgehead atoms. The molecule has 1 aliphatic heterocycles. The van der Waals surface area contributed by atoms with Crippen molar-refractivity contribution < 1.29 is 23.9 Å². The molecule has 0 aromatic heterocycles. The maximum absolute atomic E-state index is 13.1. The van der Waals surface area contributed by atoms with E-state index in [0.29, 0.717) is 16.4 Å². The fourth-order valence-corrected chi connectivity index (χ4v) is 3.77. The van der Waals surface area contributed by atoms with Crippen molar-refractivity contribution in [3.8, 4) is 0 Å². The van der Waals surface area contributed by atoms with Crippen molar-refractivity contribution in [1.29, 1.82) is 0 Å². The van der Waals surface area contributed by atoms with Crippen molar-refractivity contribution in [1.82, 2.24) is 0 Å². The standard InChI is InChI=1S/C25H17Cl2N3O5/c1-35-25(34)15-7-5-9-17(13-15)30-23(32)20(27)21(24(30)33)28-16-8-4-6-14(12-16)22(31)29-19-11-3-2-10-18(19)26/h2-13,28H,1H3,(H,29,31). The fourth-order valence-electron chi connectivity index (χ4n) is 3.38. The quantitative estimate of drug-likeness (QED) is 0.364. The third-order valence-electron chi connectivity index (χ3n) is 5.07. The van der Waals surface area contributed by atoms with Crippen molar-refractivity contribution in [2.24, 2.45) is 0 Å². The minimum absolute atomic E-state index is 0.158. The number of hydrogen-bond donors (Lipinski definition) is 2. The number of rotatable bonds is 6. The van der Waals surface area contributed by atoms with E-state index in [1.807, 2.05) is 0 Å². The minimum Gasteiger partial charge on any atom is -0.465 e. The lowest BCUT2D eigenvalue weighted by molar-refractivity contribution is -0.120. The Morgan fingerprint density at radius 3 is 2.31 bits per heavy atom. The number of nitrogens with one attached hydrogen (secondary N) is 2. The molecule has 1 heterocycles. The molecule has 0 aliphatic carbocycles. The molecule has 0 atom stereocenters. The summed E-state index contributed by atoms with van der Waals surface area (Å²) in [6, 6.07) is 19.0. The smallest absolute Gasteiger partial charge is 0.337 e. The zero-order valence-corrected chi connectivity index (χ0v) is 19.7. The highest BCUT2D eigenvalue weighted by Gasteiger charge is 2.39. The van der Waals surface area contributed by atoms with Crippen LogP contribution in [0.1, 0.15) is 20.7 Å². The van der Waals surface area contributed by atoms with Crippen LogP contribution < -0.4 is 15.5 Å². The van der Waals surface area contributed by atoms with Crippen LogP contribution in [0.3, 0.4) is 0 Å². The second kappa shape index (κ2) is 10.0. The van der Waals surface area contributed by atoms with Crippen LogP contribution >= 0.6 is 23.2 Å². The third-order valence-corrected chi connectivity index (χ3v) is 5.75. The van der Waals surface area contributed by atoms with Crippen LogP contribution in [0, 0.1) is 0 Å². The van der Waals surface area contributed by atoms with Crippen molar-refractivity contribution in [2.75, 3.05) is 22.6 Å². The zero-order chi connectivity index (χ0) is 25.1. The number of amides is 3. The molecule has 176 valence electrons. The molecule has 35 heavy (non-hydrogen) atoms. The molecular formula is C25H17Cl2N3O5. The normalized spacial score (nSPS) is 13.2. The van der Waals surface area contributed by atoms with E-state index in [-0.39, 0.29) is 27.5 Å². The Balaban J connectivity index is 1.55. The minimum atomic E-state index is -0.756. The number of anilines is 3. The summed E-state index contributed by atoms with van der Waals surface area (Å²) < 4.78 is 4.69. The van der Waals surface area contributed by atoms with Crippen molar-refractivity contribution >= 4 is 64.0 Å². The lowest BCUT2D eigenvalue weighted by Gasteiger charge is -2.16. The van der Waals surface area contributed by atoms with Gasteiger partial charge in [-0.25, -0.2) is 9.69 Å². The molecule has 0 spiro atoms. The number of benzene rings is 3. The van der Waals surface area contributed by atoms with Gasteiger partial charge in [-0.1, -0.05) is 47.5 Å². The number of esters is 1. The summed E-state index contributed by atoms with van der Waals surface area (Å²) in [6.45, 7) is 0. The number of halogens is 2. The van der Waals surface area contributed by atoms with Gasteiger partial charge in [-0.15, -0.1) is 0 Å². The van der Waals surface area contributed by atoms with Gasteiger partial charge < -0.3 is 15.4 Å². The first kappa shape index (κ1) is 24.0. The Kier molecular flexibility index (Phi) is 6.86. The average molecular weight is 510 g/mol. The summed E-state index contributed by atoms with van der Waals surface area (Å²) in [5.74, 6) is -2.51. The monoisotopic (exact) mass is 509 g/mol. The van der Waals surface area contributed by atoms with E-state index in [4.69, 9.17) is 23.2 Å².